The van der Waals surface area contributed by atoms with E-state index >= 15 is 0 Å². The summed E-state index contributed by atoms with van der Waals surface area (Å²) in [6.45, 7) is 5.68. The maximum Gasteiger partial charge on any atom is 0.0409 e. The summed E-state index contributed by atoms with van der Waals surface area (Å²) in [6, 6.07) is 5.81. The topological polar surface area (TPSA) is 0 Å². The van der Waals surface area contributed by atoms with Gasteiger partial charge in [0.2, 0.25) is 0 Å². The van der Waals surface area contributed by atoms with E-state index in [1.54, 1.807) is 6.08 Å². The Morgan fingerprint density at radius 3 is 2.82 bits per heavy atom. The smallest absolute Gasteiger partial charge is 0.0409 e. The molecule has 1 radical (unpaired) electrons. The third-order valence-electron chi connectivity index (χ3n) is 1.54. The number of aryl methyl sites for hydroxylation is 1. The second kappa shape index (κ2) is 3.59. The van der Waals surface area contributed by atoms with Crippen LogP contribution >= 0.6 is 11.6 Å². The average Bonchev–Trinajstić information content (AvgIpc) is 1.98. The second-order valence-corrected chi connectivity index (χ2v) is 2.84. The molecular weight excluding hydrogens is 156 g/mol. The van der Waals surface area contributed by atoms with E-state index in [4.69, 9.17) is 11.6 Å². The first-order chi connectivity index (χ1) is 5.24. The van der Waals surface area contributed by atoms with E-state index in [2.05, 4.69) is 6.58 Å². The molecule has 0 aromatic heterocycles. The van der Waals surface area contributed by atoms with E-state index in [1.165, 1.54) is 5.56 Å². The number of hydrogen-bond acceptors (Lipinski definition) is 0. The van der Waals surface area contributed by atoms with Crippen LogP contribution in [0.15, 0.2) is 30.9 Å². The van der Waals surface area contributed by atoms with Gasteiger partial charge in [0.25, 0.3) is 0 Å². The van der Waals surface area contributed by atoms with E-state index < -0.39 is 0 Å². The van der Waals surface area contributed by atoms with Crippen molar-refractivity contribution < 1.29 is 0 Å². The molecule has 0 saturated carbocycles. The predicted molar refractivity (Wildman–Crippen MR) is 49.8 cm³/mol. The van der Waals surface area contributed by atoms with E-state index in [9.17, 15) is 0 Å². The van der Waals surface area contributed by atoms with E-state index in [0.29, 0.717) is 0 Å². The lowest BCUT2D eigenvalue weighted by atomic mass is 10.1. The van der Waals surface area contributed by atoms with Gasteiger partial charge in [-0.3, -0.25) is 0 Å². The molecule has 0 nitrogen and oxygen atoms in total. The van der Waals surface area contributed by atoms with Crippen LogP contribution in [-0.2, 0) is 0 Å². The molecule has 0 amide bonds. The summed E-state index contributed by atoms with van der Waals surface area (Å²) in [5.41, 5.74) is 2.35. The zero-order valence-corrected chi connectivity index (χ0v) is 7.23. The quantitative estimate of drug-likeness (QED) is 0.630. The Hall–Kier alpha value is -0.750. The molecule has 0 atom stereocenters. The van der Waals surface area contributed by atoms with Crippen LogP contribution in [0, 0.1) is 13.3 Å². The van der Waals surface area contributed by atoms with Crippen LogP contribution in [0.1, 0.15) is 11.1 Å². The molecule has 0 aliphatic heterocycles. The number of benzene rings is 1. The molecule has 0 N–H and O–H groups in total. The zero-order chi connectivity index (χ0) is 8.27. The number of rotatable bonds is 2. The molecule has 11 heavy (non-hydrogen) atoms. The van der Waals surface area contributed by atoms with Gasteiger partial charge < -0.3 is 0 Å². The Labute approximate surface area is 72.5 Å². The lowest BCUT2D eigenvalue weighted by molar-refractivity contribution is 1.38. The highest BCUT2D eigenvalue weighted by atomic mass is 35.5. The molecule has 0 aliphatic carbocycles. The summed E-state index contributed by atoms with van der Waals surface area (Å²) in [4.78, 5) is 0. The second-order valence-electron chi connectivity index (χ2n) is 2.40. The van der Waals surface area contributed by atoms with Crippen LogP contribution in [0.2, 0.25) is 5.02 Å². The first kappa shape index (κ1) is 8.35. The molecule has 0 fully saturated rings. The fourth-order valence-electron chi connectivity index (χ4n) is 0.918. The van der Waals surface area contributed by atoms with Gasteiger partial charge in [0.05, 0.1) is 0 Å². The molecule has 57 valence electrons. The Balaban J connectivity index is 3.01. The van der Waals surface area contributed by atoms with Crippen molar-refractivity contribution in [3.05, 3.63) is 53.4 Å². The Bertz CT molecular complexity index is 264. The van der Waals surface area contributed by atoms with Crippen molar-refractivity contribution in [3.63, 3.8) is 0 Å². The van der Waals surface area contributed by atoms with E-state index in [-0.39, 0.29) is 0 Å². The fourth-order valence-corrected chi connectivity index (χ4v) is 1.10. The first-order valence-corrected chi connectivity index (χ1v) is 3.84. The molecule has 0 heterocycles. The molecule has 0 aliphatic rings. The zero-order valence-electron chi connectivity index (χ0n) is 6.47. The van der Waals surface area contributed by atoms with Gasteiger partial charge in [0, 0.05) is 11.4 Å². The first-order valence-electron chi connectivity index (χ1n) is 3.46. The highest BCUT2D eigenvalue weighted by molar-refractivity contribution is 6.30. The van der Waals surface area contributed by atoms with Crippen molar-refractivity contribution in [3.8, 4) is 0 Å². The fraction of sp³-hybridized carbons (Fsp3) is 0.100. The van der Waals surface area contributed by atoms with Crippen LogP contribution in [0.4, 0.5) is 0 Å². The lowest BCUT2D eigenvalue weighted by Crippen LogP contribution is -1.83. The highest BCUT2D eigenvalue weighted by Gasteiger charge is 1.96. The van der Waals surface area contributed by atoms with Crippen molar-refractivity contribution in [1.29, 1.82) is 0 Å². The summed E-state index contributed by atoms with van der Waals surface area (Å²) >= 11 is 5.80. The molecule has 0 bridgehead atoms. The maximum absolute atomic E-state index is 5.80. The minimum atomic E-state index is 0.767. The van der Waals surface area contributed by atoms with Crippen LogP contribution in [-0.4, -0.2) is 0 Å². The SMILES string of the molecule is C=C[CH]c1cc(Cl)ccc1C. The third kappa shape index (κ3) is 2.09. The van der Waals surface area contributed by atoms with Gasteiger partial charge >= 0.3 is 0 Å². The molecule has 1 rings (SSSR count). The molecule has 1 heteroatoms. The number of hydrogen-bond donors (Lipinski definition) is 0. The van der Waals surface area contributed by atoms with Crippen LogP contribution in [0.5, 0.6) is 0 Å². The Kier molecular flexibility index (Phi) is 2.72. The van der Waals surface area contributed by atoms with E-state index in [1.807, 2.05) is 31.5 Å². The lowest BCUT2D eigenvalue weighted by Gasteiger charge is -2.01. The molecule has 1 aromatic rings. The largest absolute Gasteiger partial charge is 0.102 e. The van der Waals surface area contributed by atoms with Gasteiger partial charge in [0.15, 0.2) is 0 Å². The molecule has 1 aromatic carbocycles. The van der Waals surface area contributed by atoms with Crippen LogP contribution in [0.3, 0.4) is 0 Å². The highest BCUT2D eigenvalue weighted by Crippen LogP contribution is 2.16. The van der Waals surface area contributed by atoms with Crippen LogP contribution in [0.25, 0.3) is 0 Å². The number of halogens is 1. The summed E-state index contributed by atoms with van der Waals surface area (Å²) in [5.74, 6) is 0. The van der Waals surface area contributed by atoms with Gasteiger partial charge in [-0.25, -0.2) is 0 Å². The molecule has 0 spiro atoms. The molecule has 0 saturated heterocycles. The standard InChI is InChI=1S/C10H10Cl/c1-3-4-9-7-10(11)6-5-8(9)2/h3-7H,1H2,2H3. The monoisotopic (exact) mass is 165 g/mol. The summed E-state index contributed by atoms with van der Waals surface area (Å²) in [7, 11) is 0. The van der Waals surface area contributed by atoms with Crippen LogP contribution < -0.4 is 0 Å². The summed E-state index contributed by atoms with van der Waals surface area (Å²) in [6.07, 6.45) is 3.71. The van der Waals surface area contributed by atoms with Crippen molar-refractivity contribution >= 4 is 11.6 Å². The Morgan fingerprint density at radius 1 is 1.45 bits per heavy atom. The Morgan fingerprint density at radius 2 is 2.18 bits per heavy atom. The van der Waals surface area contributed by atoms with Crippen molar-refractivity contribution in [2.75, 3.05) is 0 Å². The van der Waals surface area contributed by atoms with Crippen molar-refractivity contribution in [2.24, 2.45) is 0 Å². The third-order valence-corrected chi connectivity index (χ3v) is 1.77. The van der Waals surface area contributed by atoms with E-state index in [0.717, 1.165) is 10.6 Å². The van der Waals surface area contributed by atoms with Gasteiger partial charge in [-0.15, -0.1) is 6.58 Å². The summed E-state index contributed by atoms with van der Waals surface area (Å²) < 4.78 is 0. The predicted octanol–water partition coefficient (Wildman–Crippen LogP) is 3.39. The number of allylic oxidation sites excluding steroid dienone is 1. The molecular formula is C10H10Cl. The minimum absolute atomic E-state index is 0.767. The van der Waals surface area contributed by atoms with Gasteiger partial charge in [-0.1, -0.05) is 23.7 Å². The average molecular weight is 166 g/mol. The van der Waals surface area contributed by atoms with Crippen molar-refractivity contribution in [2.45, 2.75) is 6.92 Å². The normalized spacial score (nSPS) is 9.64. The molecule has 0 unspecified atom stereocenters. The van der Waals surface area contributed by atoms with Gasteiger partial charge in [0.1, 0.15) is 0 Å². The summed E-state index contributed by atoms with van der Waals surface area (Å²) in [5, 5.41) is 0.767. The van der Waals surface area contributed by atoms with Gasteiger partial charge in [-0.05, 0) is 30.2 Å². The minimum Gasteiger partial charge on any atom is -0.102 e. The van der Waals surface area contributed by atoms with Gasteiger partial charge in [-0.2, -0.15) is 0 Å². The maximum atomic E-state index is 5.80. The van der Waals surface area contributed by atoms with Crippen molar-refractivity contribution in [1.82, 2.24) is 0 Å².